The lowest BCUT2D eigenvalue weighted by atomic mass is 10.1. The fourth-order valence-corrected chi connectivity index (χ4v) is 5.31. The van der Waals surface area contributed by atoms with Crippen LogP contribution in [-0.4, -0.2) is 45.4 Å². The van der Waals surface area contributed by atoms with Crippen molar-refractivity contribution in [2.75, 3.05) is 20.2 Å². The highest BCUT2D eigenvalue weighted by atomic mass is 32.1. The molecule has 0 saturated carbocycles. The van der Waals surface area contributed by atoms with Gasteiger partial charge in [0.25, 0.3) is 5.91 Å². The van der Waals surface area contributed by atoms with Gasteiger partial charge in [0.05, 0.1) is 12.8 Å². The maximum absolute atomic E-state index is 13.1. The first-order valence-electron chi connectivity index (χ1n) is 9.44. The molecule has 5 rings (SSSR count). The quantitative estimate of drug-likeness (QED) is 0.568. The monoisotopic (exact) mass is 394 g/mol. The average molecular weight is 395 g/mol. The minimum absolute atomic E-state index is 0.0483. The van der Waals surface area contributed by atoms with Gasteiger partial charge in [-0.2, -0.15) is 0 Å². The first kappa shape index (κ1) is 17.3. The molecule has 1 aromatic carbocycles. The summed E-state index contributed by atoms with van der Waals surface area (Å²) in [6.07, 6.45) is 0.947. The van der Waals surface area contributed by atoms with Gasteiger partial charge in [0.2, 0.25) is 0 Å². The number of aryl methyl sites for hydroxylation is 2. The Labute approximate surface area is 166 Å². The van der Waals surface area contributed by atoms with E-state index in [0.29, 0.717) is 12.2 Å². The number of rotatable bonds is 3. The van der Waals surface area contributed by atoms with Crippen molar-refractivity contribution in [2.24, 2.45) is 0 Å². The minimum Gasteiger partial charge on any atom is -0.497 e. The van der Waals surface area contributed by atoms with E-state index >= 15 is 0 Å². The number of likely N-dealkylation sites (tertiary alicyclic amines) is 1. The van der Waals surface area contributed by atoms with Gasteiger partial charge in [-0.3, -0.25) is 9.20 Å². The van der Waals surface area contributed by atoms with Crippen LogP contribution in [0, 0.1) is 13.8 Å². The summed E-state index contributed by atoms with van der Waals surface area (Å²) in [5, 5.41) is 3.19. The molecule has 7 heteroatoms. The van der Waals surface area contributed by atoms with Gasteiger partial charge >= 0.3 is 0 Å². The number of hydrogen-bond acceptors (Lipinski definition) is 4. The van der Waals surface area contributed by atoms with Crippen LogP contribution in [-0.2, 0) is 0 Å². The molecule has 0 spiro atoms. The third-order valence-electron chi connectivity index (χ3n) is 5.64. The number of nitrogens with one attached hydrogen (secondary N) is 1. The Morgan fingerprint density at radius 1 is 1.32 bits per heavy atom. The number of H-pyrrole nitrogens is 1. The van der Waals surface area contributed by atoms with Crippen molar-refractivity contribution in [1.29, 1.82) is 0 Å². The summed E-state index contributed by atoms with van der Waals surface area (Å²) in [6.45, 7) is 5.62. The summed E-state index contributed by atoms with van der Waals surface area (Å²) in [6, 6.07) is 7.72. The Morgan fingerprint density at radius 3 is 3.00 bits per heavy atom. The number of thiazole rings is 1. The van der Waals surface area contributed by atoms with Crippen molar-refractivity contribution >= 4 is 33.0 Å². The number of nitrogens with zero attached hydrogens (tertiary/aromatic N) is 3. The Balaban J connectivity index is 1.40. The molecule has 1 fully saturated rings. The van der Waals surface area contributed by atoms with Crippen LogP contribution in [0.3, 0.4) is 0 Å². The highest BCUT2D eigenvalue weighted by molar-refractivity contribution is 7.15. The molecule has 4 heterocycles. The molecule has 1 unspecified atom stereocenters. The number of hydrogen-bond donors (Lipinski definition) is 1. The summed E-state index contributed by atoms with van der Waals surface area (Å²) >= 11 is 1.74. The summed E-state index contributed by atoms with van der Waals surface area (Å²) in [7, 11) is 1.64. The Bertz CT molecular complexity index is 1200. The second-order valence-electron chi connectivity index (χ2n) is 7.43. The summed E-state index contributed by atoms with van der Waals surface area (Å²) in [5.41, 5.74) is 3.89. The molecule has 1 aliphatic rings. The molecule has 1 amide bonds. The van der Waals surface area contributed by atoms with E-state index in [1.807, 2.05) is 36.1 Å². The molecule has 0 bridgehead atoms. The molecule has 1 saturated heterocycles. The number of carbonyl (C=O) groups is 1. The van der Waals surface area contributed by atoms with Crippen molar-refractivity contribution in [3.8, 4) is 5.75 Å². The topological polar surface area (TPSA) is 62.6 Å². The summed E-state index contributed by atoms with van der Waals surface area (Å²) in [5.74, 6) is 2.14. The molecule has 4 aromatic rings. The molecule has 0 aliphatic carbocycles. The number of carbonyl (C=O) groups excluding carboxylic acids is 1. The van der Waals surface area contributed by atoms with Crippen LogP contribution < -0.4 is 4.74 Å². The zero-order valence-corrected chi connectivity index (χ0v) is 17.0. The molecule has 1 atom stereocenters. The summed E-state index contributed by atoms with van der Waals surface area (Å²) < 4.78 is 7.49. The fraction of sp³-hybridized carbons (Fsp3) is 0.333. The number of aromatic amines is 1. The van der Waals surface area contributed by atoms with Crippen molar-refractivity contribution in [3.63, 3.8) is 0 Å². The number of amides is 1. The van der Waals surface area contributed by atoms with E-state index in [1.165, 1.54) is 10.5 Å². The number of ether oxygens (including phenoxy) is 1. The maximum Gasteiger partial charge on any atom is 0.270 e. The van der Waals surface area contributed by atoms with E-state index in [2.05, 4.69) is 21.7 Å². The van der Waals surface area contributed by atoms with Crippen molar-refractivity contribution in [2.45, 2.75) is 26.2 Å². The molecule has 6 nitrogen and oxygen atoms in total. The highest BCUT2D eigenvalue weighted by Crippen LogP contribution is 2.34. The Kier molecular flexibility index (Phi) is 3.94. The van der Waals surface area contributed by atoms with Gasteiger partial charge in [0.15, 0.2) is 0 Å². The van der Waals surface area contributed by atoms with Gasteiger partial charge in [-0.25, -0.2) is 4.98 Å². The van der Waals surface area contributed by atoms with E-state index in [1.54, 1.807) is 18.4 Å². The van der Waals surface area contributed by atoms with Crippen LogP contribution in [0.15, 0.2) is 29.6 Å². The lowest BCUT2D eigenvalue weighted by molar-refractivity contribution is 0.0786. The molecule has 1 N–H and O–H groups in total. The maximum atomic E-state index is 13.1. The smallest absolute Gasteiger partial charge is 0.270 e. The first-order valence-corrected chi connectivity index (χ1v) is 10.3. The predicted octanol–water partition coefficient (Wildman–Crippen LogP) is 4.13. The molecule has 0 radical (unpaired) electrons. The number of fused-ring (bicyclic) bond motifs is 2. The molecule has 1 aliphatic heterocycles. The molecular weight excluding hydrogens is 372 g/mol. The van der Waals surface area contributed by atoms with E-state index in [0.717, 1.165) is 41.1 Å². The highest BCUT2D eigenvalue weighted by Gasteiger charge is 2.32. The van der Waals surface area contributed by atoms with Crippen LogP contribution in [0.5, 0.6) is 5.75 Å². The summed E-state index contributed by atoms with van der Waals surface area (Å²) in [4.78, 5) is 24.3. The number of benzene rings is 1. The second-order valence-corrected chi connectivity index (χ2v) is 8.29. The lowest BCUT2D eigenvalue weighted by Gasteiger charge is -2.15. The molecule has 144 valence electrons. The third-order valence-corrected chi connectivity index (χ3v) is 6.72. The van der Waals surface area contributed by atoms with Gasteiger partial charge in [0.1, 0.15) is 22.1 Å². The zero-order chi connectivity index (χ0) is 19.4. The number of methoxy groups -OCH3 is 1. The van der Waals surface area contributed by atoms with Crippen molar-refractivity contribution in [3.05, 3.63) is 52.6 Å². The van der Waals surface area contributed by atoms with Crippen molar-refractivity contribution < 1.29 is 9.53 Å². The predicted molar refractivity (Wildman–Crippen MR) is 111 cm³/mol. The number of imidazole rings is 1. The van der Waals surface area contributed by atoms with Crippen LogP contribution in [0.25, 0.3) is 15.7 Å². The number of aromatic nitrogens is 3. The van der Waals surface area contributed by atoms with Crippen molar-refractivity contribution in [1.82, 2.24) is 19.3 Å². The SMILES string of the molecule is COc1ccc2cc(C(=O)N3CCC(c4nc(C)n5c(C)csc45)C3)[nH]c2c1. The van der Waals surface area contributed by atoms with Gasteiger partial charge in [-0.1, -0.05) is 0 Å². The molecule has 28 heavy (non-hydrogen) atoms. The van der Waals surface area contributed by atoms with Crippen LogP contribution in [0.2, 0.25) is 0 Å². The largest absolute Gasteiger partial charge is 0.497 e. The van der Waals surface area contributed by atoms with E-state index in [4.69, 9.17) is 9.72 Å². The van der Waals surface area contributed by atoms with Gasteiger partial charge in [0, 0.05) is 47.1 Å². The lowest BCUT2D eigenvalue weighted by Crippen LogP contribution is -2.28. The minimum atomic E-state index is 0.0483. The second kappa shape index (κ2) is 6.38. The van der Waals surface area contributed by atoms with E-state index in [9.17, 15) is 4.79 Å². The van der Waals surface area contributed by atoms with Gasteiger partial charge in [-0.15, -0.1) is 11.3 Å². The van der Waals surface area contributed by atoms with E-state index in [-0.39, 0.29) is 11.8 Å². The third kappa shape index (κ3) is 2.61. The molecule has 3 aromatic heterocycles. The first-order chi connectivity index (χ1) is 13.5. The Morgan fingerprint density at radius 2 is 2.18 bits per heavy atom. The van der Waals surface area contributed by atoms with E-state index < -0.39 is 0 Å². The van der Waals surface area contributed by atoms with Crippen LogP contribution in [0.1, 0.15) is 40.0 Å². The normalized spacial score (nSPS) is 17.1. The van der Waals surface area contributed by atoms with Crippen LogP contribution in [0.4, 0.5) is 0 Å². The fourth-order valence-electron chi connectivity index (χ4n) is 4.21. The Hall–Kier alpha value is -2.80. The van der Waals surface area contributed by atoms with Gasteiger partial charge in [-0.05, 0) is 38.5 Å². The zero-order valence-electron chi connectivity index (χ0n) is 16.2. The van der Waals surface area contributed by atoms with Crippen LogP contribution >= 0.6 is 11.3 Å². The van der Waals surface area contributed by atoms with Gasteiger partial charge < -0.3 is 14.6 Å². The average Bonchev–Trinajstić information content (AvgIpc) is 3.45. The molecular formula is C21H22N4O2S. The standard InChI is InChI=1S/C21H22N4O2S/c1-12-11-28-21-19(22-13(2)25(12)21)15-6-7-24(10-15)20(26)18-8-14-4-5-16(27-3)9-17(14)23-18/h4-5,8-9,11,15,23H,6-7,10H2,1-3H3.